The van der Waals surface area contributed by atoms with Crippen LogP contribution >= 0.6 is 0 Å². The zero-order valence-corrected chi connectivity index (χ0v) is 47.5. The predicted octanol–water partition coefficient (Wildman–Crippen LogP) is 10.6. The number of aliphatic hydroxyl groups excluding tert-OH is 8. The molecule has 0 radical (unpaired) electrons. The highest BCUT2D eigenvalue weighted by Gasteiger charge is 2.51. The molecule has 2 aliphatic rings. The van der Waals surface area contributed by atoms with Crippen molar-refractivity contribution < 1.29 is 64.6 Å². The average molecular weight is 1080 g/mol. The lowest BCUT2D eigenvalue weighted by atomic mass is 9.97. The Morgan fingerprint density at radius 1 is 0.474 bits per heavy atom. The summed E-state index contributed by atoms with van der Waals surface area (Å²) >= 11 is 0. The second kappa shape index (κ2) is 47.5. The molecule has 14 nitrogen and oxygen atoms in total. The van der Waals surface area contributed by atoms with Crippen molar-refractivity contribution in [1.29, 1.82) is 0 Å². The van der Waals surface area contributed by atoms with Crippen molar-refractivity contribution in [3.8, 4) is 0 Å². The van der Waals surface area contributed by atoms with Gasteiger partial charge in [0.15, 0.2) is 12.6 Å². The number of amides is 1. The highest BCUT2D eigenvalue weighted by atomic mass is 16.7. The van der Waals surface area contributed by atoms with Crippen LogP contribution in [0, 0.1) is 0 Å². The summed E-state index contributed by atoms with van der Waals surface area (Å²) in [5.41, 5.74) is 0. The Hall–Kier alpha value is -2.31. The number of rotatable bonds is 48. The molecule has 0 aromatic heterocycles. The number of unbranched alkanes of at least 4 members (excludes halogenated alkanes) is 27. The van der Waals surface area contributed by atoms with Gasteiger partial charge in [-0.15, -0.1) is 0 Å². The summed E-state index contributed by atoms with van der Waals surface area (Å²) in [6.07, 6.45) is 44.2. The van der Waals surface area contributed by atoms with Crippen LogP contribution in [0.15, 0.2) is 60.8 Å². The van der Waals surface area contributed by atoms with Crippen LogP contribution in [-0.2, 0) is 23.7 Å². The molecule has 0 bridgehead atoms. The Balaban J connectivity index is 1.75. The zero-order chi connectivity index (χ0) is 55.3. The Bertz CT molecular complexity index is 1510. The minimum absolute atomic E-state index is 0.252. The molecule has 0 aromatic carbocycles. The van der Waals surface area contributed by atoms with E-state index in [1.807, 2.05) is 6.08 Å². The van der Waals surface area contributed by atoms with Gasteiger partial charge in [0.2, 0.25) is 5.91 Å². The zero-order valence-electron chi connectivity index (χ0n) is 47.5. The van der Waals surface area contributed by atoms with E-state index in [2.05, 4.69) is 67.8 Å². The summed E-state index contributed by atoms with van der Waals surface area (Å²) in [7, 11) is 0. The normalized spacial score (nSPS) is 25.3. The largest absolute Gasteiger partial charge is 0.394 e. The smallest absolute Gasteiger partial charge is 0.220 e. The number of nitrogens with one attached hydrogen (secondary N) is 1. The van der Waals surface area contributed by atoms with Crippen molar-refractivity contribution >= 4 is 5.91 Å². The highest BCUT2D eigenvalue weighted by Crippen LogP contribution is 2.30. The molecule has 2 rings (SSSR count). The van der Waals surface area contributed by atoms with Gasteiger partial charge in [0.1, 0.15) is 48.8 Å². The minimum Gasteiger partial charge on any atom is -0.394 e. The standard InChI is InChI=1S/C62H111NO13/c1-3-5-7-9-11-13-15-17-19-20-21-22-23-24-25-26-27-28-29-30-31-32-33-35-37-39-41-43-45-51(66)50(63-54(67)46-44-42-40-38-36-34-18-16-14-12-10-8-6-4-2)49-73-61-59(72)57(70)60(53(48-65)75-61)76-62-58(71)56(69)55(68)52(47-64)74-62/h10,12,16,18,30-31,35,37,43,45,50-53,55-62,64-66,68-72H,3-9,11,13-15,17,19-29,32-34,36,38-42,44,46-49H2,1-2H3,(H,63,67)/b12-10-,18-16-,31-30+,37-35+,45-43+. The van der Waals surface area contributed by atoms with E-state index in [1.165, 1.54) is 128 Å². The number of carbonyl (C=O) groups is 1. The SMILES string of the molecule is CCCC/C=C\C/C=C\CCCCCCCC(=O)NC(COC1OC(CO)C(OC2OC(CO)C(O)C(O)C2O)C(O)C1O)C(O)/C=C/CC/C=C/CC/C=C/CCCCCCCCCCCCCCCCCCCC. The first kappa shape index (κ1) is 69.8. The van der Waals surface area contributed by atoms with E-state index in [0.29, 0.717) is 12.8 Å². The molecule has 76 heavy (non-hydrogen) atoms. The van der Waals surface area contributed by atoms with Crippen LogP contribution < -0.4 is 5.32 Å². The fraction of sp³-hybridized carbons (Fsp3) is 0.823. The fourth-order valence-electron chi connectivity index (χ4n) is 9.69. The minimum atomic E-state index is -1.80. The first-order valence-corrected chi connectivity index (χ1v) is 30.5. The molecule has 12 unspecified atom stereocenters. The van der Waals surface area contributed by atoms with Crippen LogP contribution in [0.25, 0.3) is 0 Å². The number of aliphatic hydroxyl groups is 8. The van der Waals surface area contributed by atoms with Crippen LogP contribution in [0.4, 0.5) is 0 Å². The molecule has 1 amide bonds. The van der Waals surface area contributed by atoms with Crippen molar-refractivity contribution in [1.82, 2.24) is 5.32 Å². The van der Waals surface area contributed by atoms with E-state index < -0.39 is 86.8 Å². The van der Waals surface area contributed by atoms with Gasteiger partial charge in [-0.3, -0.25) is 4.79 Å². The molecule has 2 saturated heterocycles. The van der Waals surface area contributed by atoms with Gasteiger partial charge >= 0.3 is 0 Å². The van der Waals surface area contributed by atoms with Gasteiger partial charge in [0.25, 0.3) is 0 Å². The maximum atomic E-state index is 13.2. The molecule has 2 aliphatic heterocycles. The molecule has 442 valence electrons. The Labute approximate surface area is 460 Å². The number of ether oxygens (including phenoxy) is 4. The molecule has 14 heteroatoms. The summed E-state index contributed by atoms with van der Waals surface area (Å²) in [6.45, 7) is 2.72. The van der Waals surface area contributed by atoms with Gasteiger partial charge in [-0.1, -0.05) is 216 Å². The molecule has 0 spiro atoms. The van der Waals surface area contributed by atoms with Crippen molar-refractivity contribution in [3.05, 3.63) is 60.8 Å². The van der Waals surface area contributed by atoms with Crippen LogP contribution in [0.2, 0.25) is 0 Å². The Kier molecular flexibility index (Phi) is 43.6. The average Bonchev–Trinajstić information content (AvgIpc) is 3.42. The maximum Gasteiger partial charge on any atom is 0.220 e. The van der Waals surface area contributed by atoms with Crippen molar-refractivity contribution in [2.75, 3.05) is 19.8 Å². The van der Waals surface area contributed by atoms with Crippen molar-refractivity contribution in [2.24, 2.45) is 0 Å². The lowest BCUT2D eigenvalue weighted by Gasteiger charge is -2.46. The van der Waals surface area contributed by atoms with Crippen molar-refractivity contribution in [2.45, 2.75) is 306 Å². The molecule has 9 N–H and O–H groups in total. The van der Waals surface area contributed by atoms with E-state index >= 15 is 0 Å². The van der Waals surface area contributed by atoms with Gasteiger partial charge in [0, 0.05) is 6.42 Å². The van der Waals surface area contributed by atoms with Crippen LogP contribution in [0.1, 0.15) is 232 Å². The predicted molar refractivity (Wildman–Crippen MR) is 304 cm³/mol. The molecule has 0 saturated carbocycles. The van der Waals surface area contributed by atoms with E-state index in [1.54, 1.807) is 6.08 Å². The quantitative estimate of drug-likeness (QED) is 0.0204. The molecule has 0 aliphatic carbocycles. The Morgan fingerprint density at radius 3 is 1.41 bits per heavy atom. The fourth-order valence-corrected chi connectivity index (χ4v) is 9.69. The van der Waals surface area contributed by atoms with Gasteiger partial charge in [-0.2, -0.15) is 0 Å². The van der Waals surface area contributed by atoms with Crippen LogP contribution in [0.5, 0.6) is 0 Å². The second-order valence-corrected chi connectivity index (χ2v) is 21.5. The lowest BCUT2D eigenvalue weighted by Crippen LogP contribution is -2.65. The van der Waals surface area contributed by atoms with E-state index in [-0.39, 0.29) is 18.9 Å². The van der Waals surface area contributed by atoms with Gasteiger partial charge in [-0.05, 0) is 70.6 Å². The van der Waals surface area contributed by atoms with Gasteiger partial charge in [-0.25, -0.2) is 0 Å². The third kappa shape index (κ3) is 32.7. The summed E-state index contributed by atoms with van der Waals surface area (Å²) < 4.78 is 22.7. The number of allylic oxidation sites excluding steroid dienone is 9. The maximum absolute atomic E-state index is 13.2. The van der Waals surface area contributed by atoms with Crippen molar-refractivity contribution in [3.63, 3.8) is 0 Å². The van der Waals surface area contributed by atoms with Gasteiger partial charge < -0.3 is 65.1 Å². The van der Waals surface area contributed by atoms with Crippen LogP contribution in [-0.4, -0.2) is 140 Å². The third-order valence-corrected chi connectivity index (χ3v) is 14.7. The molecular weight excluding hydrogens is 967 g/mol. The number of hydrogen-bond donors (Lipinski definition) is 9. The summed E-state index contributed by atoms with van der Waals surface area (Å²) in [5, 5.41) is 87.0. The highest BCUT2D eigenvalue weighted by molar-refractivity contribution is 5.76. The third-order valence-electron chi connectivity index (χ3n) is 14.7. The van der Waals surface area contributed by atoms with Gasteiger partial charge in [0.05, 0.1) is 32.0 Å². The molecule has 2 fully saturated rings. The lowest BCUT2D eigenvalue weighted by molar-refractivity contribution is -0.359. The molecule has 0 aromatic rings. The monoisotopic (exact) mass is 1080 g/mol. The first-order chi connectivity index (χ1) is 37.1. The number of hydrogen-bond acceptors (Lipinski definition) is 13. The van der Waals surface area contributed by atoms with E-state index in [9.17, 15) is 45.6 Å². The molecular formula is C62H111NO13. The molecule has 12 atom stereocenters. The summed E-state index contributed by atoms with van der Waals surface area (Å²) in [5.74, 6) is -0.269. The molecule has 2 heterocycles. The summed E-state index contributed by atoms with van der Waals surface area (Å²) in [4.78, 5) is 13.2. The number of carbonyl (C=O) groups excluding carboxylic acids is 1. The van der Waals surface area contributed by atoms with Crippen LogP contribution in [0.3, 0.4) is 0 Å². The second-order valence-electron chi connectivity index (χ2n) is 21.5. The summed E-state index contributed by atoms with van der Waals surface area (Å²) in [6, 6.07) is -0.947. The topological polar surface area (TPSA) is 228 Å². The van der Waals surface area contributed by atoms with E-state index in [4.69, 9.17) is 18.9 Å². The Morgan fingerprint density at radius 2 is 0.895 bits per heavy atom. The first-order valence-electron chi connectivity index (χ1n) is 30.5. The van der Waals surface area contributed by atoms with E-state index in [0.717, 1.165) is 70.6 Å².